The Morgan fingerprint density at radius 1 is 1.19 bits per heavy atom. The molecule has 114 valence electrons. The lowest BCUT2D eigenvalue weighted by molar-refractivity contribution is -0.142. The fraction of sp³-hybridized carbons (Fsp3) is 0.500. The van der Waals surface area contributed by atoms with E-state index < -0.39 is 5.97 Å². The van der Waals surface area contributed by atoms with Crippen LogP contribution in [0.25, 0.3) is 0 Å². The maximum absolute atomic E-state index is 11.9. The Bertz CT molecular complexity index is 503. The molecule has 5 nitrogen and oxygen atoms in total. The van der Waals surface area contributed by atoms with Crippen LogP contribution >= 0.6 is 0 Å². The summed E-state index contributed by atoms with van der Waals surface area (Å²) in [5.41, 5.74) is 1.77. The van der Waals surface area contributed by atoms with E-state index in [1.807, 2.05) is 43.3 Å². The van der Waals surface area contributed by atoms with Crippen molar-refractivity contribution in [2.75, 3.05) is 38.6 Å². The van der Waals surface area contributed by atoms with E-state index in [4.69, 9.17) is 5.11 Å². The first-order chi connectivity index (χ1) is 9.97. The van der Waals surface area contributed by atoms with Crippen LogP contribution in [0, 0.1) is 5.92 Å². The first kappa shape index (κ1) is 15.5. The molecule has 1 saturated heterocycles. The molecule has 0 bridgehead atoms. The topological polar surface area (TPSA) is 60.9 Å². The molecule has 0 aliphatic carbocycles. The lowest BCUT2D eigenvalue weighted by Gasteiger charge is -2.32. The van der Waals surface area contributed by atoms with Gasteiger partial charge in [-0.15, -0.1) is 0 Å². The second-order valence-electron chi connectivity index (χ2n) is 5.81. The van der Waals surface area contributed by atoms with Crippen molar-refractivity contribution in [3.05, 3.63) is 29.8 Å². The average molecular weight is 290 g/mol. The fourth-order valence-electron chi connectivity index (χ4n) is 2.62. The molecular weight excluding hydrogens is 268 g/mol. The largest absolute Gasteiger partial charge is 0.481 e. The number of carboxylic acid groups (broad SMARTS) is 1. The summed E-state index contributed by atoms with van der Waals surface area (Å²) in [7, 11) is 3.75. The smallest absolute Gasteiger partial charge is 0.306 e. The third-order valence-corrected chi connectivity index (χ3v) is 3.86. The molecule has 1 N–H and O–H groups in total. The zero-order valence-electron chi connectivity index (χ0n) is 12.6. The van der Waals surface area contributed by atoms with E-state index in [2.05, 4.69) is 4.90 Å². The van der Waals surface area contributed by atoms with Crippen LogP contribution in [0.15, 0.2) is 24.3 Å². The number of hydrogen-bond acceptors (Lipinski definition) is 4. The highest BCUT2D eigenvalue weighted by Crippen LogP contribution is 2.23. The van der Waals surface area contributed by atoms with E-state index in [0.717, 1.165) is 18.8 Å². The van der Waals surface area contributed by atoms with Gasteiger partial charge in [0.05, 0.1) is 12.5 Å². The third kappa shape index (κ3) is 4.04. The van der Waals surface area contributed by atoms with Gasteiger partial charge in [-0.05, 0) is 51.2 Å². The highest BCUT2D eigenvalue weighted by Gasteiger charge is 2.24. The summed E-state index contributed by atoms with van der Waals surface area (Å²) in [5, 5.41) is 9.00. The van der Waals surface area contributed by atoms with Crippen molar-refractivity contribution in [1.82, 2.24) is 4.90 Å². The van der Waals surface area contributed by atoms with E-state index in [-0.39, 0.29) is 11.7 Å². The summed E-state index contributed by atoms with van der Waals surface area (Å²) in [5.74, 6) is -0.808. The first-order valence-corrected chi connectivity index (χ1v) is 7.23. The SMILES string of the molecule is CN(C)CC(=O)c1ccc(N2CCC(C(=O)O)CC2)cc1. The Morgan fingerprint density at radius 3 is 2.24 bits per heavy atom. The zero-order valence-corrected chi connectivity index (χ0v) is 12.6. The number of Topliss-reactive ketones (excluding diaryl/α,β-unsaturated/α-hetero) is 1. The Morgan fingerprint density at radius 2 is 1.76 bits per heavy atom. The summed E-state index contributed by atoms with van der Waals surface area (Å²) in [6.45, 7) is 1.91. The van der Waals surface area contributed by atoms with Crippen LogP contribution in [0.3, 0.4) is 0 Å². The third-order valence-electron chi connectivity index (χ3n) is 3.86. The van der Waals surface area contributed by atoms with Gasteiger partial charge in [-0.1, -0.05) is 0 Å². The summed E-state index contributed by atoms with van der Waals surface area (Å²) in [6.07, 6.45) is 1.35. The summed E-state index contributed by atoms with van der Waals surface area (Å²) in [6, 6.07) is 7.60. The molecule has 0 radical (unpaired) electrons. The molecule has 0 unspecified atom stereocenters. The van der Waals surface area contributed by atoms with Crippen LogP contribution in [-0.2, 0) is 4.79 Å². The Labute approximate surface area is 125 Å². The van der Waals surface area contributed by atoms with E-state index >= 15 is 0 Å². The van der Waals surface area contributed by atoms with Gasteiger partial charge in [0.2, 0.25) is 0 Å². The van der Waals surface area contributed by atoms with Crippen molar-refractivity contribution in [1.29, 1.82) is 0 Å². The number of ketones is 1. The van der Waals surface area contributed by atoms with Crippen molar-refractivity contribution in [2.45, 2.75) is 12.8 Å². The molecule has 1 aliphatic rings. The maximum Gasteiger partial charge on any atom is 0.306 e. The van der Waals surface area contributed by atoms with Crippen LogP contribution < -0.4 is 4.90 Å². The molecule has 1 heterocycles. The minimum absolute atomic E-state index is 0.108. The van der Waals surface area contributed by atoms with Crippen LogP contribution in [-0.4, -0.2) is 55.5 Å². The predicted octanol–water partition coefficient (Wildman–Crippen LogP) is 1.73. The quantitative estimate of drug-likeness (QED) is 0.837. The number of rotatable bonds is 5. The molecule has 0 spiro atoms. The van der Waals surface area contributed by atoms with Gasteiger partial charge in [0.25, 0.3) is 0 Å². The standard InChI is InChI=1S/C16H22N2O3/c1-17(2)11-15(19)12-3-5-14(6-4-12)18-9-7-13(8-10-18)16(20)21/h3-6,13H,7-11H2,1-2H3,(H,20,21). The lowest BCUT2D eigenvalue weighted by atomic mass is 9.96. The van der Waals surface area contributed by atoms with Crippen LogP contribution in [0.1, 0.15) is 23.2 Å². The summed E-state index contributed by atoms with van der Waals surface area (Å²) < 4.78 is 0. The highest BCUT2D eigenvalue weighted by atomic mass is 16.4. The Balaban J connectivity index is 1.97. The molecular formula is C16H22N2O3. The first-order valence-electron chi connectivity index (χ1n) is 7.23. The highest BCUT2D eigenvalue weighted by molar-refractivity contribution is 5.97. The van der Waals surface area contributed by atoms with Gasteiger partial charge in [0, 0.05) is 24.3 Å². The average Bonchev–Trinajstić information content (AvgIpc) is 2.47. The number of carbonyl (C=O) groups is 2. The van der Waals surface area contributed by atoms with Gasteiger partial charge in [-0.2, -0.15) is 0 Å². The van der Waals surface area contributed by atoms with Crippen molar-refractivity contribution in [2.24, 2.45) is 5.92 Å². The number of likely N-dealkylation sites (N-methyl/N-ethyl adjacent to an activating group) is 1. The molecule has 5 heteroatoms. The van der Waals surface area contributed by atoms with Crippen LogP contribution in [0.4, 0.5) is 5.69 Å². The fourth-order valence-corrected chi connectivity index (χ4v) is 2.62. The Hall–Kier alpha value is -1.88. The molecule has 1 aromatic carbocycles. The maximum atomic E-state index is 11.9. The molecule has 1 aromatic rings. The number of hydrogen-bond donors (Lipinski definition) is 1. The molecule has 0 saturated carbocycles. The van der Waals surface area contributed by atoms with Gasteiger partial charge >= 0.3 is 5.97 Å². The molecule has 21 heavy (non-hydrogen) atoms. The number of aliphatic carboxylic acids is 1. The molecule has 0 atom stereocenters. The van der Waals surface area contributed by atoms with Gasteiger partial charge in [-0.25, -0.2) is 0 Å². The number of carboxylic acids is 1. The second kappa shape index (κ2) is 6.72. The summed E-state index contributed by atoms with van der Waals surface area (Å²) in [4.78, 5) is 26.9. The Kier molecular flexibility index (Phi) is 4.96. The lowest BCUT2D eigenvalue weighted by Crippen LogP contribution is -2.36. The minimum atomic E-state index is -0.695. The monoisotopic (exact) mass is 290 g/mol. The van der Waals surface area contributed by atoms with Gasteiger partial charge in [-0.3, -0.25) is 9.59 Å². The number of carbonyl (C=O) groups excluding carboxylic acids is 1. The molecule has 0 aromatic heterocycles. The molecule has 2 rings (SSSR count). The van der Waals surface area contributed by atoms with Gasteiger partial charge in [0.1, 0.15) is 0 Å². The van der Waals surface area contributed by atoms with E-state index in [1.54, 1.807) is 0 Å². The van der Waals surface area contributed by atoms with E-state index in [9.17, 15) is 9.59 Å². The minimum Gasteiger partial charge on any atom is -0.481 e. The molecule has 0 amide bonds. The molecule has 1 fully saturated rings. The second-order valence-corrected chi connectivity index (χ2v) is 5.81. The van der Waals surface area contributed by atoms with Crippen molar-refractivity contribution >= 4 is 17.4 Å². The predicted molar refractivity (Wildman–Crippen MR) is 81.9 cm³/mol. The summed E-state index contributed by atoms with van der Waals surface area (Å²) >= 11 is 0. The van der Waals surface area contributed by atoms with Crippen LogP contribution in [0.5, 0.6) is 0 Å². The number of nitrogens with zero attached hydrogens (tertiary/aromatic N) is 2. The normalized spacial score (nSPS) is 16.2. The molecule has 1 aliphatic heterocycles. The number of benzene rings is 1. The van der Waals surface area contributed by atoms with Crippen molar-refractivity contribution < 1.29 is 14.7 Å². The van der Waals surface area contributed by atoms with Crippen molar-refractivity contribution in [3.63, 3.8) is 0 Å². The van der Waals surface area contributed by atoms with Gasteiger partial charge < -0.3 is 14.9 Å². The van der Waals surface area contributed by atoms with E-state index in [1.165, 1.54) is 0 Å². The zero-order chi connectivity index (χ0) is 15.4. The van der Waals surface area contributed by atoms with Gasteiger partial charge in [0.15, 0.2) is 5.78 Å². The number of piperidine rings is 1. The van der Waals surface area contributed by atoms with Crippen LogP contribution in [0.2, 0.25) is 0 Å². The number of anilines is 1. The van der Waals surface area contributed by atoms with Crippen molar-refractivity contribution in [3.8, 4) is 0 Å². The van der Waals surface area contributed by atoms with E-state index in [0.29, 0.717) is 24.9 Å².